The monoisotopic (exact) mass is 1400 g/mol. The average molecular weight is 1400 g/mol. The van der Waals surface area contributed by atoms with Gasteiger partial charge in [0, 0.05) is 53.1 Å². The van der Waals surface area contributed by atoms with E-state index in [1.54, 1.807) is 164 Å². The van der Waals surface area contributed by atoms with Crippen LogP contribution in [0.5, 0.6) is 0 Å². The van der Waals surface area contributed by atoms with Crippen LogP contribution in [-0.2, 0) is 58.4 Å². The summed E-state index contributed by atoms with van der Waals surface area (Å²) in [6, 6.07) is 45.9. The van der Waals surface area contributed by atoms with E-state index in [4.69, 9.17) is 63.1 Å². The maximum absolute atomic E-state index is 8.87. The van der Waals surface area contributed by atoms with Gasteiger partial charge in [0.25, 0.3) is 0 Å². The van der Waals surface area contributed by atoms with Crippen molar-refractivity contribution in [3.63, 3.8) is 0 Å². The second-order valence-electron chi connectivity index (χ2n) is 18.6. The molecular formula is C72H60N12Ru3+8. The van der Waals surface area contributed by atoms with Crippen LogP contribution in [0.4, 0.5) is 0 Å². The standard InChI is InChI=1S/3C14H5N4.3C10H15.3Ru/c3*15-7-11(8-16)6-14(13(9-17)10-18)12-4-2-1-3-5-12;3*1-6-7(2)9(4)10(5)8(6)3;;;/h3*1-5H;3*1-5H3;;;/q3*-1;-5;2*-1;3*+6. The average Bonchev–Trinajstić information content (AvgIpc) is 3.80. The molecule has 87 heavy (non-hydrogen) atoms. The number of nitrogens with zero attached hydrogens (tertiary/aromatic N) is 12. The summed E-state index contributed by atoms with van der Waals surface area (Å²) in [4.78, 5) is 0. The first-order chi connectivity index (χ1) is 39.9. The van der Waals surface area contributed by atoms with Gasteiger partial charge in [-0.1, -0.05) is 212 Å². The summed E-state index contributed by atoms with van der Waals surface area (Å²) in [5.41, 5.74) is 22.7. The summed E-state index contributed by atoms with van der Waals surface area (Å²) in [5.74, 6) is 0. The maximum atomic E-state index is 8.87. The number of allylic oxidation sites excluding steroid dienone is 12. The second kappa shape index (κ2) is 41.8. The van der Waals surface area contributed by atoms with Gasteiger partial charge in [0.05, 0.1) is 53.1 Å². The summed E-state index contributed by atoms with van der Waals surface area (Å²) in [6.45, 7) is 33.0. The molecule has 6 rings (SSSR count). The minimum atomic E-state index is -0.281. The van der Waals surface area contributed by atoms with Gasteiger partial charge >= 0.3 is 58.4 Å². The minimum Gasteiger partial charge on any atom is -0.731 e. The van der Waals surface area contributed by atoms with Crippen molar-refractivity contribution in [2.45, 2.75) is 104 Å². The molecule has 0 saturated heterocycles. The number of rotatable bonds is 6. The number of hydrogen-bond acceptors (Lipinski definition) is 12. The van der Waals surface area contributed by atoms with Gasteiger partial charge in [0.2, 0.25) is 0 Å². The molecule has 0 saturated carbocycles. The molecule has 0 aliphatic heterocycles. The van der Waals surface area contributed by atoms with Gasteiger partial charge in [-0.3, -0.25) is 0 Å². The van der Waals surface area contributed by atoms with Crippen molar-refractivity contribution in [3.05, 3.63) is 243 Å². The predicted octanol–water partition coefficient (Wildman–Crippen LogP) is 15.6. The second-order valence-corrected chi connectivity index (χ2v) is 18.6. The van der Waals surface area contributed by atoms with E-state index in [9.17, 15) is 0 Å². The van der Waals surface area contributed by atoms with Gasteiger partial charge in [-0.15, -0.1) is 0 Å². The molecule has 0 amide bonds. The molecule has 6 aromatic rings. The molecule has 0 heterocycles. The minimum absolute atomic E-state index is 0. The van der Waals surface area contributed by atoms with Crippen LogP contribution in [-0.4, -0.2) is 0 Å². The maximum Gasteiger partial charge on any atom is 6.00 e. The third-order valence-electron chi connectivity index (χ3n) is 14.5. The molecular weight excluding hydrogens is 1340 g/mol. The van der Waals surface area contributed by atoms with Crippen molar-refractivity contribution in [1.29, 1.82) is 63.1 Å². The van der Waals surface area contributed by atoms with Crippen molar-refractivity contribution >= 4 is 16.7 Å². The van der Waals surface area contributed by atoms with Gasteiger partial charge in [0.15, 0.2) is 0 Å². The molecule has 0 unspecified atom stereocenters. The first-order valence-electron chi connectivity index (χ1n) is 25.7. The Morgan fingerprint density at radius 2 is 0.437 bits per heavy atom. The van der Waals surface area contributed by atoms with E-state index >= 15 is 0 Å². The van der Waals surface area contributed by atoms with Crippen LogP contribution in [0.15, 0.2) is 124 Å². The van der Waals surface area contributed by atoms with Crippen LogP contribution in [0, 0.1) is 258 Å². The largest absolute Gasteiger partial charge is 6.00 e. The summed E-state index contributed by atoms with van der Waals surface area (Å²) in [6.07, 6.45) is 7.50. The molecule has 0 bridgehead atoms. The Balaban J connectivity index is -0.000000985. The van der Waals surface area contributed by atoms with E-state index in [1.807, 2.05) is 0 Å². The van der Waals surface area contributed by atoms with Crippen LogP contribution in [0.1, 0.15) is 100 Å². The van der Waals surface area contributed by atoms with Crippen LogP contribution in [0.2, 0.25) is 0 Å². The zero-order valence-electron chi connectivity index (χ0n) is 51.1. The number of benzene rings is 3. The molecule has 6 aromatic carbocycles. The Bertz CT molecular complexity index is 3360. The van der Waals surface area contributed by atoms with Crippen molar-refractivity contribution in [2.24, 2.45) is 0 Å². The Morgan fingerprint density at radius 3 is 0.552 bits per heavy atom. The number of hydrogen-bond donors (Lipinski definition) is 0. The van der Waals surface area contributed by atoms with Gasteiger partial charge in [-0.2, -0.15) is 55.6 Å². The Hall–Kier alpha value is -10.1. The first kappa shape index (κ1) is 81.1. The fourth-order valence-corrected chi connectivity index (χ4v) is 7.90. The zero-order valence-corrected chi connectivity index (χ0v) is 56.3. The molecule has 424 valence electrons. The van der Waals surface area contributed by atoms with Gasteiger partial charge in [-0.25, -0.2) is 97.8 Å². The Kier molecular flexibility index (Phi) is 39.0. The molecule has 0 aromatic heterocycles. The van der Waals surface area contributed by atoms with Crippen LogP contribution in [0.3, 0.4) is 0 Å². The molecule has 0 radical (unpaired) electrons. The van der Waals surface area contributed by atoms with E-state index in [0.29, 0.717) is 16.7 Å². The third kappa shape index (κ3) is 23.1. The van der Waals surface area contributed by atoms with E-state index in [0.717, 1.165) is 0 Å². The SMILES string of the molecule is C[c-]1[c-](C)[c-](C)[c-](C)[c-]1C.Cc1c(C)c(C)[c-](C)c1C.Cc1c(C)c(C)[c-](C)c1C.N#CC(C#N)=[C-]C(=C(C#N)C#N)c1ccccc1.N#CC(C#N)=[C-]C(=C(C#N)C#N)c1ccccc1.N#CC(C#N)=[C-]C(=C(C#N)C#N)c1ccccc1.[Ru+6].[Ru+6].[Ru+6]. The molecule has 0 aliphatic rings. The van der Waals surface area contributed by atoms with Crippen LogP contribution in [0.25, 0.3) is 16.7 Å². The Morgan fingerprint density at radius 1 is 0.276 bits per heavy atom. The molecule has 0 atom stereocenters. The molecule has 0 aliphatic carbocycles. The van der Waals surface area contributed by atoms with Crippen molar-refractivity contribution < 1.29 is 58.4 Å². The van der Waals surface area contributed by atoms with Crippen molar-refractivity contribution in [1.82, 2.24) is 0 Å². The summed E-state index contributed by atoms with van der Waals surface area (Å²) >= 11 is 0. The van der Waals surface area contributed by atoms with Crippen LogP contribution < -0.4 is 0 Å². The van der Waals surface area contributed by atoms with E-state index < -0.39 is 0 Å². The normalized spacial score (nSPS) is 8.45. The molecule has 12 nitrogen and oxygen atoms in total. The van der Waals surface area contributed by atoms with Gasteiger partial charge in [-0.05, 0) is 0 Å². The summed E-state index contributed by atoms with van der Waals surface area (Å²) < 4.78 is 0. The summed E-state index contributed by atoms with van der Waals surface area (Å²) in [7, 11) is 0. The van der Waals surface area contributed by atoms with Gasteiger partial charge < -0.3 is 27.8 Å². The molecule has 0 fully saturated rings. The molecule has 0 spiro atoms. The fourth-order valence-electron chi connectivity index (χ4n) is 7.90. The summed E-state index contributed by atoms with van der Waals surface area (Å²) in [5, 5.41) is 105. The smallest absolute Gasteiger partial charge is 0.731 e. The topological polar surface area (TPSA) is 285 Å². The quantitative estimate of drug-likeness (QED) is 0.0651. The number of nitriles is 12. The molecule has 0 N–H and O–H groups in total. The van der Waals surface area contributed by atoms with E-state index in [2.05, 4.69) is 122 Å². The van der Waals surface area contributed by atoms with Gasteiger partial charge in [0.1, 0.15) is 0 Å². The van der Waals surface area contributed by atoms with E-state index in [-0.39, 0.29) is 109 Å². The first-order valence-corrected chi connectivity index (χ1v) is 25.7. The third-order valence-corrected chi connectivity index (χ3v) is 14.5. The van der Waals surface area contributed by atoms with Crippen molar-refractivity contribution in [3.8, 4) is 72.8 Å². The fraction of sp³-hybridized carbons (Fsp3) is 0.208. The molecule has 15 heteroatoms. The zero-order chi connectivity index (χ0) is 63.8. The van der Waals surface area contributed by atoms with E-state index in [1.165, 1.54) is 83.5 Å². The van der Waals surface area contributed by atoms with Crippen molar-refractivity contribution in [2.75, 3.05) is 0 Å². The van der Waals surface area contributed by atoms with Crippen LogP contribution >= 0.6 is 0 Å². The predicted molar refractivity (Wildman–Crippen MR) is 325 cm³/mol. The Labute approximate surface area is 553 Å².